The fourth-order valence-electron chi connectivity index (χ4n) is 5.61. The van der Waals surface area contributed by atoms with Crippen molar-refractivity contribution in [2.75, 3.05) is 0 Å². The van der Waals surface area contributed by atoms with E-state index in [1.807, 2.05) is 0 Å². The Morgan fingerprint density at radius 2 is 0.619 bits per heavy atom. The second-order valence-corrected chi connectivity index (χ2v) is 11.6. The molecule has 2 aliphatic rings. The minimum absolute atomic E-state index is 0.0650. The van der Waals surface area contributed by atoms with Crippen LogP contribution in [0.25, 0.3) is 0 Å². The van der Waals surface area contributed by atoms with Crippen molar-refractivity contribution >= 4 is 23.1 Å². The summed E-state index contributed by atoms with van der Waals surface area (Å²) < 4.78 is 0. The summed E-state index contributed by atoms with van der Waals surface area (Å²) in [6.07, 6.45) is 18.6. The Bertz CT molecular complexity index is 1030. The molecule has 0 aromatic carbocycles. The summed E-state index contributed by atoms with van der Waals surface area (Å²) in [5.41, 5.74) is -2.44. The number of carbonyl (C=O) groups excluding carboxylic acids is 4. The third-order valence-corrected chi connectivity index (χ3v) is 8.22. The molecule has 8 nitrogen and oxygen atoms in total. The van der Waals surface area contributed by atoms with E-state index in [1.54, 1.807) is 0 Å². The molecule has 42 heavy (non-hydrogen) atoms. The smallest absolute Gasteiger partial charge is 0.232 e. The number of aliphatic hydroxyl groups excluding tert-OH is 4. The summed E-state index contributed by atoms with van der Waals surface area (Å²) in [5.74, 6) is -8.64. The number of hydrogen-bond donors (Lipinski definition) is 4. The van der Waals surface area contributed by atoms with Gasteiger partial charge in [0.05, 0.1) is 11.1 Å². The lowest BCUT2D eigenvalue weighted by molar-refractivity contribution is -0.122. The van der Waals surface area contributed by atoms with Crippen molar-refractivity contribution in [2.45, 2.75) is 142 Å². The molecular weight excluding hydrogens is 536 g/mol. The van der Waals surface area contributed by atoms with E-state index in [2.05, 4.69) is 13.8 Å². The molecule has 0 radical (unpaired) electrons. The lowest BCUT2D eigenvalue weighted by Crippen LogP contribution is -2.32. The molecule has 0 atom stereocenters. The molecule has 2 aliphatic carbocycles. The van der Waals surface area contributed by atoms with Crippen LogP contribution in [0.15, 0.2) is 45.3 Å². The molecule has 0 bridgehead atoms. The normalized spacial score (nSPS) is 16.5. The molecule has 0 fully saturated rings. The van der Waals surface area contributed by atoms with Crippen molar-refractivity contribution in [2.24, 2.45) is 0 Å². The molecule has 0 aliphatic heterocycles. The number of hydrogen-bond acceptors (Lipinski definition) is 8. The van der Waals surface area contributed by atoms with E-state index in [9.17, 15) is 39.6 Å². The van der Waals surface area contributed by atoms with Crippen LogP contribution in [-0.2, 0) is 19.2 Å². The van der Waals surface area contributed by atoms with E-state index < -0.39 is 57.3 Å². The Morgan fingerprint density at radius 1 is 0.357 bits per heavy atom. The van der Waals surface area contributed by atoms with Crippen LogP contribution in [0.3, 0.4) is 0 Å². The van der Waals surface area contributed by atoms with E-state index in [-0.39, 0.29) is 24.0 Å². The second-order valence-electron chi connectivity index (χ2n) is 11.6. The van der Waals surface area contributed by atoms with Crippen molar-refractivity contribution in [3.05, 3.63) is 45.3 Å². The van der Waals surface area contributed by atoms with Gasteiger partial charge in [0.1, 0.15) is 0 Å². The van der Waals surface area contributed by atoms with Gasteiger partial charge in [-0.2, -0.15) is 0 Å². The molecule has 0 saturated heterocycles. The Kier molecular flexibility index (Phi) is 15.3. The zero-order valence-corrected chi connectivity index (χ0v) is 25.6. The summed E-state index contributed by atoms with van der Waals surface area (Å²) in [7, 11) is 0. The Labute approximate surface area is 250 Å². The van der Waals surface area contributed by atoms with Crippen LogP contribution in [0.4, 0.5) is 0 Å². The first-order chi connectivity index (χ1) is 20.2. The highest BCUT2D eigenvalue weighted by atomic mass is 16.3. The zero-order valence-electron chi connectivity index (χ0n) is 25.6. The first-order valence-corrected chi connectivity index (χ1v) is 16.1. The van der Waals surface area contributed by atoms with Crippen LogP contribution in [0, 0.1) is 0 Å². The van der Waals surface area contributed by atoms with Gasteiger partial charge in [-0.3, -0.25) is 19.2 Å². The average molecular weight is 587 g/mol. The van der Waals surface area contributed by atoms with Gasteiger partial charge >= 0.3 is 0 Å². The lowest BCUT2D eigenvalue weighted by atomic mass is 9.81. The summed E-state index contributed by atoms with van der Waals surface area (Å²) >= 11 is 0. The van der Waals surface area contributed by atoms with Crippen molar-refractivity contribution in [1.82, 2.24) is 0 Å². The number of rotatable bonds is 21. The molecule has 4 N–H and O–H groups in total. The molecule has 0 amide bonds. The lowest BCUT2D eigenvalue weighted by Gasteiger charge is -2.22. The zero-order chi connectivity index (χ0) is 31.1. The molecule has 2 rings (SSSR count). The minimum atomic E-state index is -1.24. The second kappa shape index (κ2) is 18.4. The van der Waals surface area contributed by atoms with E-state index >= 15 is 0 Å². The van der Waals surface area contributed by atoms with Crippen LogP contribution >= 0.6 is 0 Å². The summed E-state index contributed by atoms with van der Waals surface area (Å²) in [4.78, 5) is 51.8. The summed E-state index contributed by atoms with van der Waals surface area (Å²) in [6, 6.07) is 0. The maximum atomic E-state index is 13.0. The maximum Gasteiger partial charge on any atom is 0.232 e. The van der Waals surface area contributed by atoms with E-state index in [0.717, 1.165) is 51.4 Å². The number of Topliss-reactive ketones (excluding diaryl/α,β-unsaturated/α-hetero) is 4. The van der Waals surface area contributed by atoms with Gasteiger partial charge in [-0.25, -0.2) is 0 Å². The van der Waals surface area contributed by atoms with E-state index in [4.69, 9.17) is 0 Å². The van der Waals surface area contributed by atoms with Crippen molar-refractivity contribution < 1.29 is 39.6 Å². The van der Waals surface area contributed by atoms with Gasteiger partial charge in [-0.05, 0) is 25.7 Å². The summed E-state index contributed by atoms with van der Waals surface area (Å²) in [5, 5.41) is 42.3. The number of ketones is 4. The molecular formula is C34H50O8. The van der Waals surface area contributed by atoms with Gasteiger partial charge in [0.25, 0.3) is 0 Å². The molecule has 8 heteroatoms. The van der Waals surface area contributed by atoms with Gasteiger partial charge in [0, 0.05) is 11.1 Å². The van der Waals surface area contributed by atoms with Gasteiger partial charge in [-0.15, -0.1) is 0 Å². The molecule has 0 unspecified atom stereocenters. The van der Waals surface area contributed by atoms with Crippen molar-refractivity contribution in [3.63, 3.8) is 0 Å². The van der Waals surface area contributed by atoms with Crippen LogP contribution in [0.1, 0.15) is 142 Å². The first-order valence-electron chi connectivity index (χ1n) is 16.1. The summed E-state index contributed by atoms with van der Waals surface area (Å²) in [6.45, 7) is 4.33. The van der Waals surface area contributed by atoms with Crippen LogP contribution in [0.5, 0.6) is 0 Å². The fraction of sp³-hybridized carbons (Fsp3) is 0.647. The van der Waals surface area contributed by atoms with Gasteiger partial charge in [0.2, 0.25) is 23.1 Å². The Hall–Kier alpha value is -3.16. The predicted molar refractivity (Wildman–Crippen MR) is 162 cm³/mol. The largest absolute Gasteiger partial charge is 0.504 e. The van der Waals surface area contributed by atoms with E-state index in [1.165, 1.54) is 51.4 Å². The van der Waals surface area contributed by atoms with Gasteiger partial charge < -0.3 is 20.4 Å². The molecule has 234 valence electrons. The number of aliphatic hydroxyl groups is 4. The average Bonchev–Trinajstić information content (AvgIpc) is 2.98. The fourth-order valence-corrected chi connectivity index (χ4v) is 5.61. The van der Waals surface area contributed by atoms with Gasteiger partial charge in [0.15, 0.2) is 23.0 Å². The Balaban J connectivity index is 1.99. The maximum absolute atomic E-state index is 13.0. The number of unbranched alkanes of at least 4 members (excludes halogenated alkanes) is 16. The SMILES string of the molecule is CCCCCCCCCCCC1=C(O)C(=O)C(C2=C(O)C(=O)C(CCCCCCCCCCC)=C(O)C2=O)=C(O)C1=O. The number of allylic oxidation sites excluding steroid dienone is 4. The van der Waals surface area contributed by atoms with E-state index in [0.29, 0.717) is 12.8 Å². The van der Waals surface area contributed by atoms with Crippen LogP contribution in [0.2, 0.25) is 0 Å². The third kappa shape index (κ3) is 9.43. The monoisotopic (exact) mass is 586 g/mol. The molecule has 0 heterocycles. The predicted octanol–water partition coefficient (Wildman–Crippen LogP) is 8.38. The van der Waals surface area contributed by atoms with Crippen LogP contribution in [-0.4, -0.2) is 43.6 Å². The molecule has 0 saturated carbocycles. The topological polar surface area (TPSA) is 149 Å². The Morgan fingerprint density at radius 3 is 0.905 bits per heavy atom. The molecule has 0 aromatic heterocycles. The standard InChI is InChI=1S/C34H50O8/c1-3-5-7-9-11-13-15-17-19-21-23-27(35)31(39)25(32(40)28(23)36)26-33(41)29(37)24(30(38)34(26)42)22-20-18-16-14-12-10-8-6-4-2/h35,37,40,42H,3-22H2,1-2H3. The highest BCUT2D eigenvalue weighted by molar-refractivity contribution is 6.33. The third-order valence-electron chi connectivity index (χ3n) is 8.22. The number of carbonyl (C=O) groups is 4. The highest BCUT2D eigenvalue weighted by Crippen LogP contribution is 2.36. The van der Waals surface area contributed by atoms with Crippen LogP contribution < -0.4 is 0 Å². The quantitative estimate of drug-likeness (QED) is 0.0774. The minimum Gasteiger partial charge on any atom is -0.504 e. The molecule has 0 spiro atoms. The van der Waals surface area contributed by atoms with Crippen molar-refractivity contribution in [1.29, 1.82) is 0 Å². The first kappa shape index (κ1) is 35.0. The highest BCUT2D eigenvalue weighted by Gasteiger charge is 2.44. The molecule has 0 aromatic rings. The van der Waals surface area contributed by atoms with Crippen molar-refractivity contribution in [3.8, 4) is 0 Å². The van der Waals surface area contributed by atoms with Gasteiger partial charge in [-0.1, -0.05) is 117 Å².